The van der Waals surface area contributed by atoms with Crippen LogP contribution < -0.4 is 10.1 Å². The molecule has 0 unspecified atom stereocenters. The summed E-state index contributed by atoms with van der Waals surface area (Å²) in [7, 11) is 0. The average Bonchev–Trinajstić information content (AvgIpc) is 2.92. The molecule has 0 atom stereocenters. The van der Waals surface area contributed by atoms with E-state index in [-0.39, 0.29) is 17.9 Å². The van der Waals surface area contributed by atoms with Crippen LogP contribution in [0.5, 0.6) is 5.75 Å². The number of carbonyl (C=O) groups is 2. The average molecular weight is 510 g/mol. The fourth-order valence-corrected chi connectivity index (χ4v) is 3.70. The zero-order valence-corrected chi connectivity index (χ0v) is 20.4. The fourth-order valence-electron chi connectivity index (χ4n) is 3.70. The molecule has 0 spiro atoms. The Labute approximate surface area is 219 Å². The van der Waals surface area contributed by atoms with E-state index in [1.807, 2.05) is 66.7 Å². The van der Waals surface area contributed by atoms with E-state index in [2.05, 4.69) is 5.32 Å². The van der Waals surface area contributed by atoms with Gasteiger partial charge in [0.2, 0.25) is 5.91 Å². The Bertz CT molecular complexity index is 1480. The standard InChI is InChI=1S/C32H25F2NO3/c33-27-16-17-29(28(34)22-27)35-32(37)21-24-10-6-13-26(20-24)30(36)18-15-25-12-4-5-14-31(25)38-19-7-11-23-8-2-1-3-9-23/h1-18,20,22H,19,21H2,(H,35,37). The number of rotatable bonds is 10. The minimum absolute atomic E-state index is 0.0746. The maximum Gasteiger partial charge on any atom is 0.228 e. The van der Waals surface area contributed by atoms with Crippen molar-refractivity contribution < 1.29 is 23.1 Å². The highest BCUT2D eigenvalue weighted by Crippen LogP contribution is 2.20. The summed E-state index contributed by atoms with van der Waals surface area (Å²) in [5, 5.41) is 2.42. The van der Waals surface area contributed by atoms with Gasteiger partial charge in [-0.25, -0.2) is 8.78 Å². The molecule has 4 aromatic carbocycles. The third-order valence-electron chi connectivity index (χ3n) is 5.56. The summed E-state index contributed by atoms with van der Waals surface area (Å²) in [6.07, 6.45) is 6.97. The van der Waals surface area contributed by atoms with Crippen LogP contribution in [0.4, 0.5) is 14.5 Å². The second-order valence-corrected chi connectivity index (χ2v) is 8.41. The summed E-state index contributed by atoms with van der Waals surface area (Å²) in [5.74, 6) is -1.66. The van der Waals surface area contributed by atoms with E-state index in [4.69, 9.17) is 4.74 Å². The highest BCUT2D eigenvalue weighted by Gasteiger charge is 2.11. The second-order valence-electron chi connectivity index (χ2n) is 8.41. The molecule has 4 rings (SSSR count). The molecule has 0 radical (unpaired) electrons. The Morgan fingerprint density at radius 1 is 0.816 bits per heavy atom. The Morgan fingerprint density at radius 3 is 2.42 bits per heavy atom. The van der Waals surface area contributed by atoms with Gasteiger partial charge in [-0.2, -0.15) is 0 Å². The molecule has 0 saturated carbocycles. The van der Waals surface area contributed by atoms with Gasteiger partial charge in [0.05, 0.1) is 12.1 Å². The van der Waals surface area contributed by atoms with E-state index >= 15 is 0 Å². The number of para-hydroxylation sites is 1. The summed E-state index contributed by atoms with van der Waals surface area (Å²) in [6, 6.07) is 26.9. The molecule has 0 aromatic heterocycles. The molecule has 38 heavy (non-hydrogen) atoms. The molecule has 1 amide bonds. The highest BCUT2D eigenvalue weighted by molar-refractivity contribution is 6.07. The molecule has 4 aromatic rings. The van der Waals surface area contributed by atoms with Crippen LogP contribution in [-0.4, -0.2) is 18.3 Å². The summed E-state index contributed by atoms with van der Waals surface area (Å²) in [6.45, 7) is 0.375. The first-order valence-corrected chi connectivity index (χ1v) is 12.0. The van der Waals surface area contributed by atoms with Crippen molar-refractivity contribution in [1.82, 2.24) is 0 Å². The Balaban J connectivity index is 1.37. The van der Waals surface area contributed by atoms with Gasteiger partial charge >= 0.3 is 0 Å². The van der Waals surface area contributed by atoms with Gasteiger partial charge in [-0.1, -0.05) is 72.8 Å². The molecule has 0 aliphatic heterocycles. The summed E-state index contributed by atoms with van der Waals surface area (Å²) >= 11 is 0. The minimum atomic E-state index is -0.858. The van der Waals surface area contributed by atoms with E-state index in [9.17, 15) is 18.4 Å². The molecule has 6 heteroatoms. The topological polar surface area (TPSA) is 55.4 Å². The van der Waals surface area contributed by atoms with Crippen LogP contribution in [0.1, 0.15) is 27.0 Å². The van der Waals surface area contributed by atoms with Crippen LogP contribution in [-0.2, 0) is 11.2 Å². The monoisotopic (exact) mass is 509 g/mol. The minimum Gasteiger partial charge on any atom is -0.489 e. The Kier molecular flexibility index (Phi) is 8.92. The van der Waals surface area contributed by atoms with Crippen molar-refractivity contribution in [2.75, 3.05) is 11.9 Å². The van der Waals surface area contributed by atoms with Crippen molar-refractivity contribution in [1.29, 1.82) is 0 Å². The van der Waals surface area contributed by atoms with E-state index < -0.39 is 17.5 Å². The molecule has 0 heterocycles. The van der Waals surface area contributed by atoms with Gasteiger partial charge in [0.15, 0.2) is 5.78 Å². The lowest BCUT2D eigenvalue weighted by molar-refractivity contribution is -0.115. The summed E-state index contributed by atoms with van der Waals surface area (Å²) in [4.78, 5) is 25.2. The van der Waals surface area contributed by atoms with E-state index in [0.29, 0.717) is 29.5 Å². The number of halogens is 2. The van der Waals surface area contributed by atoms with Crippen molar-refractivity contribution in [3.8, 4) is 5.75 Å². The molecule has 0 saturated heterocycles. The number of ether oxygens (including phenoxy) is 1. The maximum atomic E-state index is 13.8. The lowest BCUT2D eigenvalue weighted by Crippen LogP contribution is -2.15. The van der Waals surface area contributed by atoms with E-state index in [1.165, 1.54) is 6.08 Å². The number of carbonyl (C=O) groups excluding carboxylic acids is 2. The van der Waals surface area contributed by atoms with Crippen molar-refractivity contribution in [2.24, 2.45) is 0 Å². The van der Waals surface area contributed by atoms with Gasteiger partial charge in [-0.3, -0.25) is 9.59 Å². The number of amides is 1. The van der Waals surface area contributed by atoms with Crippen LogP contribution >= 0.6 is 0 Å². The molecule has 0 bridgehead atoms. The number of hydrogen-bond acceptors (Lipinski definition) is 3. The van der Waals surface area contributed by atoms with Crippen LogP contribution in [0.15, 0.2) is 109 Å². The van der Waals surface area contributed by atoms with Gasteiger partial charge in [0, 0.05) is 17.2 Å². The molecular weight excluding hydrogens is 484 g/mol. The van der Waals surface area contributed by atoms with Gasteiger partial charge in [-0.15, -0.1) is 0 Å². The largest absolute Gasteiger partial charge is 0.489 e. The first-order chi connectivity index (χ1) is 18.5. The van der Waals surface area contributed by atoms with Crippen LogP contribution in [0, 0.1) is 11.6 Å². The summed E-state index contributed by atoms with van der Waals surface area (Å²) in [5.41, 5.74) is 2.72. The van der Waals surface area contributed by atoms with Crippen LogP contribution in [0.25, 0.3) is 12.2 Å². The molecule has 0 aliphatic rings. The predicted molar refractivity (Wildman–Crippen MR) is 146 cm³/mol. The van der Waals surface area contributed by atoms with Gasteiger partial charge < -0.3 is 10.1 Å². The number of hydrogen-bond donors (Lipinski definition) is 1. The van der Waals surface area contributed by atoms with Gasteiger partial charge in [0.1, 0.15) is 24.0 Å². The normalized spacial score (nSPS) is 11.1. The van der Waals surface area contributed by atoms with Crippen LogP contribution in [0.3, 0.4) is 0 Å². The zero-order chi connectivity index (χ0) is 26.7. The molecule has 1 N–H and O–H groups in total. The SMILES string of the molecule is O=C(Cc1cccc(C(=O)C=Cc2ccccc2OCC=Cc2ccccc2)c1)Nc1ccc(F)cc1F. The third kappa shape index (κ3) is 7.58. The molecule has 190 valence electrons. The van der Waals surface area contributed by atoms with E-state index in [1.54, 1.807) is 30.3 Å². The Morgan fingerprint density at radius 2 is 1.61 bits per heavy atom. The van der Waals surface area contributed by atoms with Crippen molar-refractivity contribution in [3.05, 3.63) is 143 Å². The van der Waals surface area contributed by atoms with Crippen molar-refractivity contribution in [2.45, 2.75) is 6.42 Å². The Hall–Kier alpha value is -4.84. The lowest BCUT2D eigenvalue weighted by atomic mass is 10.0. The lowest BCUT2D eigenvalue weighted by Gasteiger charge is -2.08. The molecular formula is C32H25F2NO3. The number of nitrogens with one attached hydrogen (secondary N) is 1. The molecule has 0 fully saturated rings. The van der Waals surface area contributed by atoms with Crippen molar-refractivity contribution in [3.63, 3.8) is 0 Å². The number of allylic oxidation sites excluding steroid dienone is 1. The molecule has 0 aliphatic carbocycles. The summed E-state index contributed by atoms with van der Waals surface area (Å²) < 4.78 is 32.8. The third-order valence-corrected chi connectivity index (χ3v) is 5.56. The number of benzene rings is 4. The maximum absolute atomic E-state index is 13.8. The smallest absolute Gasteiger partial charge is 0.228 e. The van der Waals surface area contributed by atoms with Gasteiger partial charge in [-0.05, 0) is 53.6 Å². The van der Waals surface area contributed by atoms with Gasteiger partial charge in [0.25, 0.3) is 0 Å². The first-order valence-electron chi connectivity index (χ1n) is 12.0. The molecule has 4 nitrogen and oxygen atoms in total. The first kappa shape index (κ1) is 26.2. The van der Waals surface area contributed by atoms with Crippen molar-refractivity contribution >= 4 is 29.5 Å². The highest BCUT2D eigenvalue weighted by atomic mass is 19.1. The number of anilines is 1. The van der Waals surface area contributed by atoms with Crippen LogP contribution in [0.2, 0.25) is 0 Å². The quantitative estimate of drug-likeness (QED) is 0.183. The zero-order valence-electron chi connectivity index (χ0n) is 20.4. The fraction of sp³-hybridized carbons (Fsp3) is 0.0625. The second kappa shape index (κ2) is 12.9. The predicted octanol–water partition coefficient (Wildman–Crippen LogP) is 7.13. The number of ketones is 1. The van der Waals surface area contributed by atoms with E-state index in [0.717, 1.165) is 23.3 Å².